The highest BCUT2D eigenvalue weighted by molar-refractivity contribution is 8.00. The summed E-state index contributed by atoms with van der Waals surface area (Å²) >= 11 is 1.33. The Morgan fingerprint density at radius 3 is 2.10 bits per heavy atom. The summed E-state index contributed by atoms with van der Waals surface area (Å²) in [7, 11) is 0. The van der Waals surface area contributed by atoms with Gasteiger partial charge in [0.25, 0.3) is 0 Å². The van der Waals surface area contributed by atoms with Crippen molar-refractivity contribution in [2.45, 2.75) is 43.0 Å². The van der Waals surface area contributed by atoms with E-state index in [1.807, 2.05) is 11.8 Å². The summed E-state index contributed by atoms with van der Waals surface area (Å²) in [6, 6.07) is 12.0. The lowest BCUT2D eigenvalue weighted by atomic mass is 10.2. The van der Waals surface area contributed by atoms with Crippen LogP contribution < -0.4 is 0 Å². The summed E-state index contributed by atoms with van der Waals surface area (Å²) < 4.78 is 28.7. The highest BCUT2D eigenvalue weighted by Gasteiger charge is 2.26. The van der Waals surface area contributed by atoms with E-state index in [9.17, 15) is 13.6 Å². The molecular weight excluding hydrogens is 418 g/mol. The van der Waals surface area contributed by atoms with Gasteiger partial charge in [-0.05, 0) is 68.3 Å². The molecule has 1 fully saturated rings. The zero-order valence-electron chi connectivity index (χ0n) is 17.3. The van der Waals surface area contributed by atoms with Gasteiger partial charge in [-0.15, -0.1) is 10.2 Å². The van der Waals surface area contributed by atoms with Crippen molar-refractivity contribution in [1.82, 2.24) is 19.7 Å². The molecule has 0 saturated carbocycles. The molecule has 0 aliphatic carbocycles. The second kappa shape index (κ2) is 9.60. The quantitative estimate of drug-likeness (QED) is 0.516. The van der Waals surface area contributed by atoms with Crippen molar-refractivity contribution in [1.29, 1.82) is 0 Å². The van der Waals surface area contributed by atoms with Crippen LogP contribution >= 0.6 is 11.8 Å². The van der Waals surface area contributed by atoms with Gasteiger partial charge < -0.3 is 4.90 Å². The topological polar surface area (TPSA) is 51.0 Å². The van der Waals surface area contributed by atoms with Crippen LogP contribution in [0, 0.1) is 11.6 Å². The van der Waals surface area contributed by atoms with Crippen molar-refractivity contribution in [3.63, 3.8) is 0 Å². The van der Waals surface area contributed by atoms with Crippen LogP contribution in [0.3, 0.4) is 0 Å². The Balaban J connectivity index is 1.66. The van der Waals surface area contributed by atoms with Crippen LogP contribution in [0.25, 0.3) is 17.1 Å². The van der Waals surface area contributed by atoms with Gasteiger partial charge in [-0.3, -0.25) is 9.36 Å². The summed E-state index contributed by atoms with van der Waals surface area (Å²) in [5.74, 6) is -0.102. The molecule has 1 atom stereocenters. The number of amides is 1. The average Bonchev–Trinajstić information content (AvgIpc) is 2.99. The molecule has 3 aromatic rings. The summed E-state index contributed by atoms with van der Waals surface area (Å²) in [5, 5.41) is 8.81. The molecule has 162 valence electrons. The molecule has 1 aliphatic rings. The molecule has 1 aliphatic heterocycles. The van der Waals surface area contributed by atoms with E-state index in [1.165, 1.54) is 36.0 Å². The van der Waals surface area contributed by atoms with Crippen LogP contribution in [0.15, 0.2) is 53.7 Å². The minimum atomic E-state index is -0.348. The van der Waals surface area contributed by atoms with E-state index in [4.69, 9.17) is 0 Å². The van der Waals surface area contributed by atoms with Crippen molar-refractivity contribution >= 4 is 17.7 Å². The average molecular weight is 443 g/mol. The Hall–Kier alpha value is -2.74. The summed E-state index contributed by atoms with van der Waals surface area (Å²) in [6.07, 6.45) is 4.38. The van der Waals surface area contributed by atoms with Gasteiger partial charge in [-0.1, -0.05) is 24.6 Å². The van der Waals surface area contributed by atoms with Gasteiger partial charge in [0.15, 0.2) is 11.0 Å². The maximum absolute atomic E-state index is 13.5. The van der Waals surface area contributed by atoms with Crippen molar-refractivity contribution in [3.05, 3.63) is 60.2 Å². The first-order valence-corrected chi connectivity index (χ1v) is 11.3. The molecule has 8 heteroatoms. The lowest BCUT2D eigenvalue weighted by Crippen LogP contribution is -2.37. The van der Waals surface area contributed by atoms with Crippen LogP contribution in [-0.2, 0) is 4.79 Å². The summed E-state index contributed by atoms with van der Waals surface area (Å²) in [5.41, 5.74) is 1.35. The number of carbonyl (C=O) groups is 1. The third-order valence-electron chi connectivity index (χ3n) is 5.37. The molecule has 0 N–H and O–H groups in total. The molecule has 2 heterocycles. The van der Waals surface area contributed by atoms with E-state index in [0.29, 0.717) is 22.2 Å². The van der Waals surface area contributed by atoms with Crippen LogP contribution in [0.2, 0.25) is 0 Å². The Kier molecular flexibility index (Phi) is 6.65. The minimum absolute atomic E-state index is 0.0869. The minimum Gasteiger partial charge on any atom is -0.342 e. The molecule has 0 bridgehead atoms. The molecule has 4 rings (SSSR count). The van der Waals surface area contributed by atoms with E-state index in [-0.39, 0.29) is 22.8 Å². The Morgan fingerprint density at radius 1 is 0.903 bits per heavy atom. The molecule has 31 heavy (non-hydrogen) atoms. The SMILES string of the molecule is CC(Sc1nnc(-c2ccc(F)cc2)n1-c1ccc(F)cc1)C(=O)N1CCCCCC1. The van der Waals surface area contributed by atoms with Gasteiger partial charge in [0, 0.05) is 24.3 Å². The van der Waals surface area contributed by atoms with Crippen LogP contribution in [0.5, 0.6) is 0 Å². The third-order valence-corrected chi connectivity index (χ3v) is 6.40. The largest absolute Gasteiger partial charge is 0.342 e. The fourth-order valence-electron chi connectivity index (χ4n) is 3.71. The summed E-state index contributed by atoms with van der Waals surface area (Å²) in [6.45, 7) is 3.45. The van der Waals surface area contributed by atoms with Gasteiger partial charge in [-0.25, -0.2) is 8.78 Å². The van der Waals surface area contributed by atoms with Crippen LogP contribution in [0.1, 0.15) is 32.6 Å². The number of nitrogens with zero attached hydrogens (tertiary/aromatic N) is 4. The van der Waals surface area contributed by atoms with E-state index in [2.05, 4.69) is 10.2 Å². The van der Waals surface area contributed by atoms with Crippen LogP contribution in [-0.4, -0.2) is 43.9 Å². The smallest absolute Gasteiger partial charge is 0.235 e. The highest BCUT2D eigenvalue weighted by atomic mass is 32.2. The normalized spacial score (nSPS) is 15.5. The predicted octanol–water partition coefficient (Wildman–Crippen LogP) is 5.10. The molecule has 1 unspecified atom stereocenters. The third kappa shape index (κ3) is 4.95. The molecule has 0 radical (unpaired) electrons. The summed E-state index contributed by atoms with van der Waals surface area (Å²) in [4.78, 5) is 15.0. The maximum Gasteiger partial charge on any atom is 0.235 e. The fraction of sp³-hybridized carbons (Fsp3) is 0.348. The molecule has 1 saturated heterocycles. The van der Waals surface area contributed by atoms with Crippen molar-refractivity contribution in [2.75, 3.05) is 13.1 Å². The van der Waals surface area contributed by atoms with Gasteiger partial charge >= 0.3 is 0 Å². The second-order valence-corrected chi connectivity index (χ2v) is 8.93. The van der Waals surface area contributed by atoms with E-state index < -0.39 is 0 Å². The first-order chi connectivity index (χ1) is 15.0. The second-order valence-electron chi connectivity index (χ2n) is 7.62. The number of likely N-dealkylation sites (tertiary alicyclic amines) is 1. The molecule has 1 aromatic heterocycles. The van der Waals surface area contributed by atoms with Crippen LogP contribution in [0.4, 0.5) is 8.78 Å². The number of aromatic nitrogens is 3. The molecule has 0 spiro atoms. The van der Waals surface area contributed by atoms with Crippen molar-refractivity contribution in [3.8, 4) is 17.1 Å². The fourth-order valence-corrected chi connectivity index (χ4v) is 4.66. The Morgan fingerprint density at radius 2 is 1.48 bits per heavy atom. The number of carbonyl (C=O) groups excluding carboxylic acids is 1. The first-order valence-electron chi connectivity index (χ1n) is 10.5. The van der Waals surface area contributed by atoms with E-state index >= 15 is 0 Å². The standard InChI is InChI=1S/C23H24F2N4OS/c1-16(22(30)28-14-4-2-3-5-15-28)31-23-27-26-21(17-6-8-18(24)9-7-17)29(23)20-12-10-19(25)11-13-20/h6-13,16H,2-5,14-15H2,1H3. The number of rotatable bonds is 5. The molecule has 1 amide bonds. The zero-order valence-corrected chi connectivity index (χ0v) is 18.1. The Bertz CT molecular complexity index is 1030. The lowest BCUT2D eigenvalue weighted by molar-refractivity contribution is -0.130. The molecule has 2 aromatic carbocycles. The number of benzene rings is 2. The molecular formula is C23H24F2N4OS. The number of hydrogen-bond donors (Lipinski definition) is 0. The van der Waals surface area contributed by atoms with Crippen molar-refractivity contribution < 1.29 is 13.6 Å². The van der Waals surface area contributed by atoms with Gasteiger partial charge in [0.05, 0.1) is 5.25 Å². The van der Waals surface area contributed by atoms with Gasteiger partial charge in [-0.2, -0.15) is 0 Å². The van der Waals surface area contributed by atoms with Gasteiger partial charge in [0.2, 0.25) is 5.91 Å². The maximum atomic E-state index is 13.5. The van der Waals surface area contributed by atoms with Crippen molar-refractivity contribution in [2.24, 2.45) is 0 Å². The van der Waals surface area contributed by atoms with E-state index in [0.717, 1.165) is 38.8 Å². The lowest BCUT2D eigenvalue weighted by Gasteiger charge is -2.23. The van der Waals surface area contributed by atoms with Gasteiger partial charge in [0.1, 0.15) is 11.6 Å². The number of thioether (sulfide) groups is 1. The number of hydrogen-bond acceptors (Lipinski definition) is 4. The predicted molar refractivity (Wildman–Crippen MR) is 117 cm³/mol. The highest BCUT2D eigenvalue weighted by Crippen LogP contribution is 2.31. The Labute approximate surface area is 184 Å². The molecule has 5 nitrogen and oxygen atoms in total. The first kappa shape index (κ1) is 21.5. The zero-order chi connectivity index (χ0) is 21.8. The monoisotopic (exact) mass is 442 g/mol. The number of halogens is 2. The van der Waals surface area contributed by atoms with E-state index in [1.54, 1.807) is 28.8 Å².